The molecule has 1 aromatic carbocycles. The average Bonchev–Trinajstić information content (AvgIpc) is 3.14. The van der Waals surface area contributed by atoms with Crippen molar-refractivity contribution in [3.8, 4) is 11.5 Å². The Hall–Kier alpha value is -2.19. The van der Waals surface area contributed by atoms with Crippen molar-refractivity contribution in [2.45, 2.75) is 19.4 Å². The third-order valence-electron chi connectivity index (χ3n) is 3.19. The van der Waals surface area contributed by atoms with Crippen LogP contribution in [-0.2, 0) is 16.0 Å². The van der Waals surface area contributed by atoms with Gasteiger partial charge in [-0.25, -0.2) is 0 Å². The van der Waals surface area contributed by atoms with Crippen LogP contribution in [0.25, 0.3) is 0 Å². The number of hydrogen-bond acceptors (Lipinski definition) is 7. The van der Waals surface area contributed by atoms with Crippen molar-refractivity contribution in [1.29, 1.82) is 0 Å². The Bertz CT molecular complexity index is 688. The number of nitrogens with one attached hydrogen (secondary N) is 1. The van der Waals surface area contributed by atoms with Gasteiger partial charge in [0.1, 0.15) is 11.1 Å². The van der Waals surface area contributed by atoms with Gasteiger partial charge < -0.3 is 19.5 Å². The van der Waals surface area contributed by atoms with Gasteiger partial charge in [-0.15, -0.1) is 10.2 Å². The zero-order valence-electron chi connectivity index (χ0n) is 12.2. The molecule has 1 amide bonds. The molecule has 0 saturated heterocycles. The summed E-state index contributed by atoms with van der Waals surface area (Å²) in [6.07, 6.45) is 0.0859. The molecular formula is C14H15N3O4S. The van der Waals surface area contributed by atoms with Crippen molar-refractivity contribution in [3.63, 3.8) is 0 Å². The number of amides is 1. The molecule has 0 saturated carbocycles. The van der Waals surface area contributed by atoms with Gasteiger partial charge in [0.25, 0.3) is 0 Å². The molecule has 1 aliphatic rings. The second-order valence-corrected chi connectivity index (χ2v) is 5.75. The molecule has 0 aliphatic carbocycles. The van der Waals surface area contributed by atoms with Gasteiger partial charge in [0.15, 0.2) is 11.5 Å². The Morgan fingerprint density at radius 2 is 2.23 bits per heavy atom. The highest BCUT2D eigenvalue weighted by molar-refractivity contribution is 7.15. The summed E-state index contributed by atoms with van der Waals surface area (Å²) in [5.41, 5.74) is 0.844. The SMILES string of the molecule is COC(C)c1nnc(NC(=O)Cc2ccc3c(c2)OCO3)s1. The van der Waals surface area contributed by atoms with Crippen LogP contribution < -0.4 is 14.8 Å². The average molecular weight is 321 g/mol. The molecule has 1 aromatic heterocycles. The van der Waals surface area contributed by atoms with E-state index in [9.17, 15) is 4.79 Å². The molecule has 1 atom stereocenters. The number of fused-ring (bicyclic) bond motifs is 1. The molecule has 0 fully saturated rings. The van der Waals surface area contributed by atoms with E-state index in [0.29, 0.717) is 16.6 Å². The van der Waals surface area contributed by atoms with Crippen LogP contribution in [0.15, 0.2) is 18.2 Å². The van der Waals surface area contributed by atoms with Crippen molar-refractivity contribution in [1.82, 2.24) is 10.2 Å². The summed E-state index contributed by atoms with van der Waals surface area (Å²) in [6.45, 7) is 2.09. The highest BCUT2D eigenvalue weighted by Crippen LogP contribution is 2.32. The first-order valence-corrected chi connectivity index (χ1v) is 7.52. The summed E-state index contributed by atoms with van der Waals surface area (Å²) in [5, 5.41) is 11.8. The van der Waals surface area contributed by atoms with Crippen molar-refractivity contribution in [3.05, 3.63) is 28.8 Å². The molecule has 7 nitrogen and oxygen atoms in total. The number of anilines is 1. The van der Waals surface area contributed by atoms with Gasteiger partial charge in [-0.1, -0.05) is 17.4 Å². The van der Waals surface area contributed by atoms with E-state index in [1.54, 1.807) is 19.2 Å². The van der Waals surface area contributed by atoms with Crippen LogP contribution in [0.3, 0.4) is 0 Å². The molecule has 116 valence electrons. The fourth-order valence-electron chi connectivity index (χ4n) is 1.95. The van der Waals surface area contributed by atoms with Crippen molar-refractivity contribution >= 4 is 22.4 Å². The summed E-state index contributed by atoms with van der Waals surface area (Å²) in [7, 11) is 1.60. The molecule has 1 unspecified atom stereocenters. The van der Waals surface area contributed by atoms with Gasteiger partial charge >= 0.3 is 0 Å². The minimum absolute atomic E-state index is 0.142. The Labute approximate surface area is 131 Å². The fraction of sp³-hybridized carbons (Fsp3) is 0.357. The van der Waals surface area contributed by atoms with Gasteiger partial charge in [-0.05, 0) is 24.6 Å². The maximum absolute atomic E-state index is 12.1. The molecule has 2 aromatic rings. The first kappa shape index (κ1) is 14.7. The van der Waals surface area contributed by atoms with Crippen molar-refractivity contribution in [2.24, 2.45) is 0 Å². The predicted octanol–water partition coefficient (Wildman–Crippen LogP) is 2.16. The standard InChI is InChI=1S/C14H15N3O4S/c1-8(19-2)13-16-17-14(22-13)15-12(18)6-9-3-4-10-11(5-9)21-7-20-10/h3-5,8H,6-7H2,1-2H3,(H,15,17,18). The lowest BCUT2D eigenvalue weighted by molar-refractivity contribution is -0.115. The number of carbonyl (C=O) groups excluding carboxylic acids is 1. The number of rotatable bonds is 5. The van der Waals surface area contributed by atoms with E-state index < -0.39 is 0 Å². The number of nitrogens with zero attached hydrogens (tertiary/aromatic N) is 2. The van der Waals surface area contributed by atoms with E-state index in [1.807, 2.05) is 13.0 Å². The van der Waals surface area contributed by atoms with Crippen molar-refractivity contribution < 1.29 is 19.0 Å². The number of methoxy groups -OCH3 is 1. The molecule has 0 bridgehead atoms. The highest BCUT2D eigenvalue weighted by atomic mass is 32.1. The van der Waals surface area contributed by atoms with E-state index >= 15 is 0 Å². The van der Waals surface area contributed by atoms with E-state index in [-0.39, 0.29) is 25.2 Å². The van der Waals surface area contributed by atoms with Crippen LogP contribution in [0.5, 0.6) is 11.5 Å². The Morgan fingerprint density at radius 3 is 3.05 bits per heavy atom. The quantitative estimate of drug-likeness (QED) is 0.908. The minimum Gasteiger partial charge on any atom is -0.454 e. The summed E-state index contributed by atoms with van der Waals surface area (Å²) >= 11 is 1.30. The van der Waals surface area contributed by atoms with Gasteiger partial charge in [-0.3, -0.25) is 4.79 Å². The molecule has 2 heterocycles. The summed E-state index contributed by atoms with van der Waals surface area (Å²) in [6, 6.07) is 5.44. The zero-order chi connectivity index (χ0) is 15.5. The number of hydrogen-bond donors (Lipinski definition) is 1. The van der Waals surface area contributed by atoms with Crippen LogP contribution in [0.2, 0.25) is 0 Å². The summed E-state index contributed by atoms with van der Waals surface area (Å²) in [5.74, 6) is 1.20. The topological polar surface area (TPSA) is 82.6 Å². The number of benzene rings is 1. The Kier molecular flexibility index (Phi) is 4.21. The number of carbonyl (C=O) groups is 1. The predicted molar refractivity (Wildman–Crippen MR) is 80.2 cm³/mol. The summed E-state index contributed by atoms with van der Waals surface area (Å²) in [4.78, 5) is 12.1. The zero-order valence-corrected chi connectivity index (χ0v) is 13.0. The molecule has 3 rings (SSSR count). The maximum atomic E-state index is 12.1. The Balaban J connectivity index is 1.61. The number of aromatic nitrogens is 2. The molecule has 1 aliphatic heterocycles. The van der Waals surface area contributed by atoms with E-state index in [1.165, 1.54) is 11.3 Å². The molecule has 22 heavy (non-hydrogen) atoms. The number of ether oxygens (including phenoxy) is 3. The van der Waals surface area contributed by atoms with Gasteiger partial charge in [0.05, 0.1) is 6.42 Å². The molecular weight excluding hydrogens is 306 g/mol. The smallest absolute Gasteiger partial charge is 0.231 e. The molecule has 1 N–H and O–H groups in total. The molecule has 0 radical (unpaired) electrons. The van der Waals surface area contributed by atoms with Crippen LogP contribution in [0.4, 0.5) is 5.13 Å². The lowest BCUT2D eigenvalue weighted by atomic mass is 10.1. The minimum atomic E-state index is -0.161. The molecule has 8 heteroatoms. The highest BCUT2D eigenvalue weighted by Gasteiger charge is 2.16. The third-order valence-corrected chi connectivity index (χ3v) is 4.19. The van der Waals surface area contributed by atoms with Crippen molar-refractivity contribution in [2.75, 3.05) is 19.2 Å². The Morgan fingerprint density at radius 1 is 1.41 bits per heavy atom. The first-order valence-electron chi connectivity index (χ1n) is 6.70. The van der Waals surface area contributed by atoms with Crippen LogP contribution >= 0.6 is 11.3 Å². The van der Waals surface area contributed by atoms with Gasteiger partial charge in [0.2, 0.25) is 17.8 Å². The molecule has 0 spiro atoms. The van der Waals surface area contributed by atoms with E-state index in [0.717, 1.165) is 10.6 Å². The van der Waals surface area contributed by atoms with Gasteiger partial charge in [0, 0.05) is 7.11 Å². The van der Waals surface area contributed by atoms with Gasteiger partial charge in [-0.2, -0.15) is 0 Å². The van der Waals surface area contributed by atoms with E-state index in [4.69, 9.17) is 14.2 Å². The van der Waals surface area contributed by atoms with Crippen LogP contribution in [-0.4, -0.2) is 30.0 Å². The first-order chi connectivity index (χ1) is 10.7. The second kappa shape index (κ2) is 6.29. The normalized spacial score (nSPS) is 13.9. The third kappa shape index (κ3) is 3.18. The van der Waals surface area contributed by atoms with Crippen LogP contribution in [0.1, 0.15) is 23.6 Å². The lowest BCUT2D eigenvalue weighted by Gasteiger charge is -2.03. The monoisotopic (exact) mass is 321 g/mol. The fourth-order valence-corrected chi connectivity index (χ4v) is 2.74. The largest absolute Gasteiger partial charge is 0.454 e. The van der Waals surface area contributed by atoms with Crippen LogP contribution in [0, 0.1) is 0 Å². The van der Waals surface area contributed by atoms with E-state index in [2.05, 4.69) is 15.5 Å². The maximum Gasteiger partial charge on any atom is 0.231 e. The second-order valence-electron chi connectivity index (χ2n) is 4.74. The summed E-state index contributed by atoms with van der Waals surface area (Å²) < 4.78 is 15.7. The lowest BCUT2D eigenvalue weighted by Crippen LogP contribution is -2.14.